The van der Waals surface area contributed by atoms with Crippen molar-refractivity contribution in [2.45, 2.75) is 24.4 Å². The van der Waals surface area contributed by atoms with E-state index in [-0.39, 0.29) is 5.82 Å². The Morgan fingerprint density at radius 2 is 2.10 bits per heavy atom. The molecule has 3 rings (SSSR count). The number of hydrogen-bond donors (Lipinski definition) is 0. The minimum Gasteiger partial charge on any atom is -0.444 e. The van der Waals surface area contributed by atoms with Gasteiger partial charge < -0.3 is 8.98 Å². The van der Waals surface area contributed by atoms with Crippen molar-refractivity contribution < 1.29 is 8.81 Å². The van der Waals surface area contributed by atoms with Gasteiger partial charge in [-0.15, -0.1) is 0 Å². The highest BCUT2D eigenvalue weighted by Gasteiger charge is 2.09. The lowest BCUT2D eigenvalue weighted by Crippen LogP contribution is -1.94. The van der Waals surface area contributed by atoms with Crippen LogP contribution in [0.25, 0.3) is 11.5 Å². The van der Waals surface area contributed by atoms with E-state index in [4.69, 9.17) is 4.42 Å². The Bertz CT molecular complexity index is 721. The number of hydrogen-bond acceptors (Lipinski definition) is 4. The predicted octanol–water partition coefficient (Wildman–Crippen LogP) is 3.99. The lowest BCUT2D eigenvalue weighted by atomic mass is 10.2. The zero-order valence-electron chi connectivity index (χ0n) is 11.5. The molecule has 6 heteroatoms. The minimum atomic E-state index is -0.271. The molecule has 0 aliphatic rings. The maximum Gasteiger partial charge on any atom is 0.226 e. The summed E-state index contributed by atoms with van der Waals surface area (Å²) >= 11 is 1.61. The smallest absolute Gasteiger partial charge is 0.226 e. The molecule has 0 radical (unpaired) electrons. The van der Waals surface area contributed by atoms with Crippen molar-refractivity contribution in [3.8, 4) is 11.5 Å². The summed E-state index contributed by atoms with van der Waals surface area (Å²) in [5.74, 6) is 0.916. The third-order valence-corrected chi connectivity index (χ3v) is 4.05. The molecule has 0 atom stereocenters. The Balaban J connectivity index is 1.69. The minimum absolute atomic E-state index is 0.271. The molecule has 0 aliphatic carbocycles. The molecule has 3 aromatic rings. The largest absolute Gasteiger partial charge is 0.444 e. The van der Waals surface area contributed by atoms with Crippen LogP contribution in [0.3, 0.4) is 0 Å². The zero-order chi connectivity index (χ0) is 14.7. The van der Waals surface area contributed by atoms with Gasteiger partial charge in [-0.2, -0.15) is 0 Å². The molecule has 0 aliphatic heterocycles. The molecule has 0 spiro atoms. The van der Waals surface area contributed by atoms with Gasteiger partial charge in [-0.25, -0.2) is 14.4 Å². The molecule has 4 nitrogen and oxygen atoms in total. The molecule has 0 amide bonds. The van der Waals surface area contributed by atoms with E-state index in [1.54, 1.807) is 36.4 Å². The molecule has 108 valence electrons. The quantitative estimate of drug-likeness (QED) is 0.668. The Kier molecular flexibility index (Phi) is 4.06. The molecule has 0 fully saturated rings. The second kappa shape index (κ2) is 6.13. The second-order valence-electron chi connectivity index (χ2n) is 4.44. The van der Waals surface area contributed by atoms with Crippen LogP contribution < -0.4 is 0 Å². The summed E-state index contributed by atoms with van der Waals surface area (Å²) in [6.07, 6.45) is 5.37. The fraction of sp³-hybridized carbons (Fsp3) is 0.200. The first-order chi connectivity index (χ1) is 10.3. The van der Waals surface area contributed by atoms with Gasteiger partial charge in [0.15, 0.2) is 5.16 Å². The Morgan fingerprint density at radius 3 is 2.86 bits per heavy atom. The van der Waals surface area contributed by atoms with Gasteiger partial charge in [-0.05, 0) is 31.2 Å². The molecule has 0 unspecified atom stereocenters. The number of benzene rings is 1. The van der Waals surface area contributed by atoms with Gasteiger partial charge in [0.2, 0.25) is 5.89 Å². The molecular formula is C15H14FN3OS. The van der Waals surface area contributed by atoms with Gasteiger partial charge in [0, 0.05) is 30.3 Å². The molecule has 0 saturated heterocycles. The van der Waals surface area contributed by atoms with E-state index in [2.05, 4.69) is 21.5 Å². The number of nitrogens with zero attached hydrogens (tertiary/aromatic N) is 3. The number of aromatic nitrogens is 3. The Hall–Kier alpha value is -2.08. The molecule has 21 heavy (non-hydrogen) atoms. The monoisotopic (exact) mass is 303 g/mol. The number of rotatable bonds is 5. The highest BCUT2D eigenvalue weighted by molar-refractivity contribution is 7.98. The molecular weight excluding hydrogens is 289 g/mol. The molecule has 0 bridgehead atoms. The van der Waals surface area contributed by atoms with Crippen LogP contribution in [-0.2, 0) is 12.3 Å². The molecule has 0 N–H and O–H groups in total. The molecule has 0 saturated carbocycles. The summed E-state index contributed by atoms with van der Waals surface area (Å²) in [7, 11) is 0. The maximum absolute atomic E-state index is 12.9. The van der Waals surface area contributed by atoms with Gasteiger partial charge in [-0.1, -0.05) is 11.8 Å². The highest BCUT2D eigenvalue weighted by atomic mass is 32.2. The van der Waals surface area contributed by atoms with E-state index in [1.807, 2.05) is 6.20 Å². The van der Waals surface area contributed by atoms with Crippen molar-refractivity contribution in [2.24, 2.45) is 0 Å². The SMILES string of the molecule is CCn1ccnc1SCc1coc(-c2ccc(F)cc2)n1. The number of halogens is 1. The second-order valence-corrected chi connectivity index (χ2v) is 5.38. The van der Waals surface area contributed by atoms with E-state index in [9.17, 15) is 4.39 Å². The topological polar surface area (TPSA) is 43.9 Å². The Morgan fingerprint density at radius 1 is 1.29 bits per heavy atom. The summed E-state index contributed by atoms with van der Waals surface area (Å²) in [5, 5.41) is 0.962. The lowest BCUT2D eigenvalue weighted by molar-refractivity contribution is 0.572. The van der Waals surface area contributed by atoms with Crippen molar-refractivity contribution in [2.75, 3.05) is 0 Å². The number of oxazole rings is 1. The maximum atomic E-state index is 12.9. The highest BCUT2D eigenvalue weighted by Crippen LogP contribution is 2.24. The summed E-state index contributed by atoms with van der Waals surface area (Å²) in [4.78, 5) is 8.72. The summed E-state index contributed by atoms with van der Waals surface area (Å²) < 4.78 is 20.4. The molecule has 1 aromatic carbocycles. The summed E-state index contributed by atoms with van der Waals surface area (Å²) in [6, 6.07) is 6.10. The van der Waals surface area contributed by atoms with E-state index < -0.39 is 0 Å². The van der Waals surface area contributed by atoms with Crippen LogP contribution in [0.2, 0.25) is 0 Å². The first-order valence-electron chi connectivity index (χ1n) is 6.60. The van der Waals surface area contributed by atoms with Crippen molar-refractivity contribution >= 4 is 11.8 Å². The first-order valence-corrected chi connectivity index (χ1v) is 7.59. The normalized spacial score (nSPS) is 11.0. The van der Waals surface area contributed by atoms with Crippen molar-refractivity contribution in [1.29, 1.82) is 0 Å². The van der Waals surface area contributed by atoms with E-state index >= 15 is 0 Å². The summed E-state index contributed by atoms with van der Waals surface area (Å²) in [6.45, 7) is 2.97. The number of thioether (sulfide) groups is 1. The average Bonchev–Trinajstić information content (AvgIpc) is 3.14. The third kappa shape index (κ3) is 3.16. The van der Waals surface area contributed by atoms with Crippen LogP contribution in [-0.4, -0.2) is 14.5 Å². The van der Waals surface area contributed by atoms with Crippen LogP contribution in [0.5, 0.6) is 0 Å². The van der Waals surface area contributed by atoms with E-state index in [0.29, 0.717) is 11.6 Å². The van der Waals surface area contributed by atoms with E-state index in [1.165, 1.54) is 12.1 Å². The van der Waals surface area contributed by atoms with Crippen LogP contribution in [0, 0.1) is 5.82 Å². The third-order valence-electron chi connectivity index (χ3n) is 3.01. The van der Waals surface area contributed by atoms with Crippen LogP contribution in [0.1, 0.15) is 12.6 Å². The molecule has 2 aromatic heterocycles. The fourth-order valence-electron chi connectivity index (χ4n) is 1.91. The molecule has 2 heterocycles. The van der Waals surface area contributed by atoms with E-state index in [0.717, 1.165) is 23.0 Å². The van der Waals surface area contributed by atoms with Gasteiger partial charge in [-0.3, -0.25) is 0 Å². The average molecular weight is 303 g/mol. The van der Waals surface area contributed by atoms with Crippen molar-refractivity contribution in [1.82, 2.24) is 14.5 Å². The van der Waals surface area contributed by atoms with Crippen LogP contribution in [0.15, 0.2) is 52.5 Å². The fourth-order valence-corrected chi connectivity index (χ4v) is 2.81. The Labute approximate surface area is 126 Å². The number of aryl methyl sites for hydroxylation is 1. The van der Waals surface area contributed by atoms with Gasteiger partial charge in [0.25, 0.3) is 0 Å². The number of imidazole rings is 1. The first kappa shape index (κ1) is 13.9. The predicted molar refractivity (Wildman–Crippen MR) is 79.4 cm³/mol. The summed E-state index contributed by atoms with van der Waals surface area (Å²) in [5.41, 5.74) is 1.60. The standard InChI is InChI=1S/C15H14FN3OS/c1-2-19-8-7-17-15(19)21-10-13-9-20-14(18-13)11-3-5-12(16)6-4-11/h3-9H,2,10H2,1H3. The van der Waals surface area contributed by atoms with Gasteiger partial charge in [0.1, 0.15) is 12.1 Å². The lowest BCUT2D eigenvalue weighted by Gasteiger charge is -2.01. The van der Waals surface area contributed by atoms with Crippen LogP contribution in [0.4, 0.5) is 4.39 Å². The van der Waals surface area contributed by atoms with Gasteiger partial charge in [0.05, 0.1) is 5.69 Å². The van der Waals surface area contributed by atoms with Crippen molar-refractivity contribution in [3.63, 3.8) is 0 Å². The zero-order valence-corrected chi connectivity index (χ0v) is 12.3. The van der Waals surface area contributed by atoms with Crippen molar-refractivity contribution in [3.05, 3.63) is 54.4 Å². The van der Waals surface area contributed by atoms with Gasteiger partial charge >= 0.3 is 0 Å². The van der Waals surface area contributed by atoms with Crippen LogP contribution >= 0.6 is 11.8 Å².